The van der Waals surface area contributed by atoms with Gasteiger partial charge in [-0.2, -0.15) is 0 Å². The Morgan fingerprint density at radius 1 is 0.344 bits per heavy atom. The maximum atomic E-state index is 12.7. The number of allylic oxidation sites excluding steroid dienone is 16. The SMILES string of the molecule is CC/C=C\C/C=C\C/C=C\C/C=C\CCC(=O)OC(COC(=O)CCCCC/C=C\C/C=C\C/C=C\CC)COC(=O)CCCCCCCCC/C=C\CCCCCCCC. The molecule has 0 aromatic heterocycles. The van der Waals surface area contributed by atoms with Crippen LogP contribution in [0.5, 0.6) is 0 Å². The molecular weight excluding hydrogens is 757 g/mol. The highest BCUT2D eigenvalue weighted by Gasteiger charge is 2.19. The molecule has 1 atom stereocenters. The van der Waals surface area contributed by atoms with E-state index in [1.807, 2.05) is 12.2 Å². The molecule has 0 radical (unpaired) electrons. The summed E-state index contributed by atoms with van der Waals surface area (Å²) in [6.45, 7) is 6.29. The van der Waals surface area contributed by atoms with Gasteiger partial charge in [0.05, 0.1) is 0 Å². The van der Waals surface area contributed by atoms with Gasteiger partial charge in [0.15, 0.2) is 6.10 Å². The van der Waals surface area contributed by atoms with Crippen molar-refractivity contribution in [2.45, 2.75) is 219 Å². The highest BCUT2D eigenvalue weighted by molar-refractivity contribution is 5.71. The Bertz CT molecular complexity index is 1250. The molecule has 346 valence electrons. The van der Waals surface area contributed by atoms with Crippen molar-refractivity contribution in [2.24, 2.45) is 0 Å². The first-order valence-corrected chi connectivity index (χ1v) is 24.7. The van der Waals surface area contributed by atoms with E-state index in [0.717, 1.165) is 89.9 Å². The average molecular weight is 847 g/mol. The predicted molar refractivity (Wildman–Crippen MR) is 260 cm³/mol. The highest BCUT2D eigenvalue weighted by atomic mass is 16.6. The zero-order valence-corrected chi connectivity index (χ0v) is 39.4. The second-order valence-corrected chi connectivity index (χ2v) is 16.0. The largest absolute Gasteiger partial charge is 0.462 e. The first-order valence-electron chi connectivity index (χ1n) is 24.7. The molecule has 6 nitrogen and oxygen atoms in total. The van der Waals surface area contributed by atoms with Gasteiger partial charge in [0.25, 0.3) is 0 Å². The van der Waals surface area contributed by atoms with Crippen LogP contribution in [0.15, 0.2) is 97.2 Å². The summed E-state index contributed by atoms with van der Waals surface area (Å²) in [7, 11) is 0. The summed E-state index contributed by atoms with van der Waals surface area (Å²) in [5.74, 6) is -1.04. The average Bonchev–Trinajstić information content (AvgIpc) is 3.26. The molecule has 0 aromatic rings. The molecule has 0 aromatic carbocycles. The van der Waals surface area contributed by atoms with Crippen LogP contribution in [0.4, 0.5) is 0 Å². The maximum Gasteiger partial charge on any atom is 0.306 e. The molecule has 0 aliphatic carbocycles. The van der Waals surface area contributed by atoms with Crippen molar-refractivity contribution in [1.82, 2.24) is 0 Å². The molecule has 0 aliphatic rings. The lowest BCUT2D eigenvalue weighted by molar-refractivity contribution is -0.166. The number of unbranched alkanes of at least 4 members (excludes halogenated alkanes) is 16. The Morgan fingerprint density at radius 3 is 1.10 bits per heavy atom. The minimum atomic E-state index is -0.829. The fourth-order valence-electron chi connectivity index (χ4n) is 6.40. The molecule has 0 saturated carbocycles. The van der Waals surface area contributed by atoms with Gasteiger partial charge < -0.3 is 14.2 Å². The Balaban J connectivity index is 4.50. The van der Waals surface area contributed by atoms with Crippen LogP contribution in [0.2, 0.25) is 0 Å². The van der Waals surface area contributed by atoms with Gasteiger partial charge in [0, 0.05) is 19.3 Å². The van der Waals surface area contributed by atoms with Gasteiger partial charge in [-0.1, -0.05) is 189 Å². The maximum absolute atomic E-state index is 12.7. The monoisotopic (exact) mass is 847 g/mol. The van der Waals surface area contributed by atoms with Crippen molar-refractivity contribution in [3.8, 4) is 0 Å². The van der Waals surface area contributed by atoms with Gasteiger partial charge in [-0.15, -0.1) is 0 Å². The van der Waals surface area contributed by atoms with Crippen molar-refractivity contribution in [3.05, 3.63) is 97.2 Å². The smallest absolute Gasteiger partial charge is 0.306 e. The molecule has 1 unspecified atom stereocenters. The summed E-state index contributed by atoms with van der Waals surface area (Å²) in [5.41, 5.74) is 0. The second kappa shape index (κ2) is 49.0. The van der Waals surface area contributed by atoms with Crippen LogP contribution in [-0.4, -0.2) is 37.2 Å². The number of ether oxygens (including phenoxy) is 3. The van der Waals surface area contributed by atoms with Crippen molar-refractivity contribution in [1.29, 1.82) is 0 Å². The van der Waals surface area contributed by atoms with Gasteiger partial charge >= 0.3 is 17.9 Å². The summed E-state index contributed by atoms with van der Waals surface area (Å²) in [4.78, 5) is 37.8. The van der Waals surface area contributed by atoms with Gasteiger partial charge in [0.2, 0.25) is 0 Å². The van der Waals surface area contributed by atoms with Crippen molar-refractivity contribution in [3.63, 3.8) is 0 Å². The van der Waals surface area contributed by atoms with Crippen molar-refractivity contribution in [2.75, 3.05) is 13.2 Å². The van der Waals surface area contributed by atoms with Crippen LogP contribution in [0.25, 0.3) is 0 Å². The van der Waals surface area contributed by atoms with E-state index >= 15 is 0 Å². The van der Waals surface area contributed by atoms with Crippen LogP contribution in [0.1, 0.15) is 213 Å². The zero-order valence-electron chi connectivity index (χ0n) is 39.4. The molecular formula is C55H90O6. The third kappa shape index (κ3) is 47.2. The van der Waals surface area contributed by atoms with Gasteiger partial charge in [-0.3, -0.25) is 14.4 Å². The molecule has 0 spiro atoms. The van der Waals surface area contributed by atoms with Crippen molar-refractivity contribution >= 4 is 17.9 Å². The molecule has 0 saturated heterocycles. The van der Waals surface area contributed by atoms with E-state index in [1.54, 1.807) is 0 Å². The molecule has 0 rings (SSSR count). The number of carbonyl (C=O) groups is 3. The van der Waals surface area contributed by atoms with Crippen LogP contribution in [-0.2, 0) is 28.6 Å². The lowest BCUT2D eigenvalue weighted by atomic mass is 10.1. The number of rotatable bonds is 43. The van der Waals surface area contributed by atoms with Gasteiger partial charge in [-0.25, -0.2) is 0 Å². The van der Waals surface area contributed by atoms with Gasteiger partial charge in [-0.05, 0) is 103 Å². The molecule has 6 heteroatoms. The van der Waals surface area contributed by atoms with E-state index in [2.05, 4.69) is 106 Å². The molecule has 0 N–H and O–H groups in total. The van der Waals surface area contributed by atoms with E-state index in [0.29, 0.717) is 19.3 Å². The fourth-order valence-corrected chi connectivity index (χ4v) is 6.40. The number of hydrogen-bond acceptors (Lipinski definition) is 6. The number of hydrogen-bond donors (Lipinski definition) is 0. The summed E-state index contributed by atoms with van der Waals surface area (Å²) in [6, 6.07) is 0. The fraction of sp³-hybridized carbons (Fsp3) is 0.655. The summed E-state index contributed by atoms with van der Waals surface area (Å²) >= 11 is 0. The van der Waals surface area contributed by atoms with Crippen molar-refractivity contribution < 1.29 is 28.6 Å². The summed E-state index contributed by atoms with van der Waals surface area (Å²) < 4.78 is 16.7. The minimum Gasteiger partial charge on any atom is -0.462 e. The first kappa shape index (κ1) is 57.3. The Morgan fingerprint density at radius 2 is 0.672 bits per heavy atom. The highest BCUT2D eigenvalue weighted by Crippen LogP contribution is 2.13. The molecule has 0 aliphatic heterocycles. The van der Waals surface area contributed by atoms with E-state index in [9.17, 15) is 14.4 Å². The zero-order chi connectivity index (χ0) is 44.4. The second-order valence-electron chi connectivity index (χ2n) is 16.0. The van der Waals surface area contributed by atoms with Crippen LogP contribution >= 0.6 is 0 Å². The third-order valence-electron chi connectivity index (χ3n) is 10.1. The van der Waals surface area contributed by atoms with Crippen LogP contribution in [0, 0.1) is 0 Å². The van der Waals surface area contributed by atoms with E-state index in [1.165, 1.54) is 77.0 Å². The Labute approximate surface area is 375 Å². The first-order chi connectivity index (χ1) is 30.0. The molecule has 0 fully saturated rings. The Kier molecular flexibility index (Phi) is 46.0. The predicted octanol–water partition coefficient (Wildman–Crippen LogP) is 16.2. The minimum absolute atomic E-state index is 0.119. The van der Waals surface area contributed by atoms with E-state index in [-0.39, 0.29) is 31.6 Å². The van der Waals surface area contributed by atoms with E-state index in [4.69, 9.17) is 14.2 Å². The lowest BCUT2D eigenvalue weighted by Crippen LogP contribution is -2.30. The van der Waals surface area contributed by atoms with E-state index < -0.39 is 12.1 Å². The third-order valence-corrected chi connectivity index (χ3v) is 10.1. The topological polar surface area (TPSA) is 78.9 Å². The molecule has 0 heterocycles. The summed E-state index contributed by atoms with van der Waals surface area (Å²) in [6.07, 6.45) is 64.1. The number of carbonyl (C=O) groups excluding carboxylic acids is 3. The number of esters is 3. The molecule has 0 amide bonds. The Hall–Kier alpha value is -3.67. The molecule has 61 heavy (non-hydrogen) atoms. The van der Waals surface area contributed by atoms with Crippen LogP contribution < -0.4 is 0 Å². The normalized spacial score (nSPS) is 12.9. The standard InChI is InChI=1S/C55H90O6/c1-4-7-10-13-16-19-22-25-26-27-28-31-33-36-39-42-45-48-54(57)60-51-52(61-55(58)49-46-43-40-37-34-30-24-21-18-15-12-9-6-3)50-59-53(56)47-44-41-38-35-32-29-23-20-17-14-11-8-5-2/h8-9,11-12,17-18,20-21,25-26,29-30,32,34,40,43,52H,4-7,10,13-16,19,22-24,27-28,31,33,35-39,41-42,44-51H2,1-3H3/b11-8-,12-9-,20-17-,21-18-,26-25-,32-29-,34-30-,43-40-. The van der Waals surface area contributed by atoms with Gasteiger partial charge in [0.1, 0.15) is 13.2 Å². The lowest BCUT2D eigenvalue weighted by Gasteiger charge is -2.18. The quantitative estimate of drug-likeness (QED) is 0.0263. The van der Waals surface area contributed by atoms with Crippen LogP contribution in [0.3, 0.4) is 0 Å². The molecule has 0 bridgehead atoms. The summed E-state index contributed by atoms with van der Waals surface area (Å²) in [5, 5.41) is 0.